The topological polar surface area (TPSA) is 12.0 Å². The van der Waals surface area contributed by atoms with Crippen LogP contribution in [0, 0.1) is 5.92 Å². The molecule has 0 unspecified atom stereocenters. The van der Waals surface area contributed by atoms with Crippen molar-refractivity contribution >= 4 is 0 Å². The first-order chi connectivity index (χ1) is 5.35. The third-order valence-electron chi connectivity index (χ3n) is 2.04. The van der Waals surface area contributed by atoms with Crippen LogP contribution in [0.2, 0.25) is 0 Å². The Labute approximate surface area is 71.6 Å². The molecule has 0 spiro atoms. The Kier molecular flexibility index (Phi) is 8.03. The van der Waals surface area contributed by atoms with Crippen molar-refractivity contribution in [3.05, 3.63) is 0 Å². The van der Waals surface area contributed by atoms with Gasteiger partial charge in [-0.3, -0.25) is 0 Å². The van der Waals surface area contributed by atoms with E-state index in [1.165, 1.54) is 38.8 Å². The predicted octanol–water partition coefficient (Wildman–Crippen LogP) is 2.81. The average Bonchev–Trinajstić information content (AvgIpc) is 2.08. The molecule has 0 atom stereocenters. The van der Waals surface area contributed by atoms with E-state index < -0.39 is 0 Å². The summed E-state index contributed by atoms with van der Waals surface area (Å²) in [5.74, 6) is 1.02. The van der Waals surface area contributed by atoms with Crippen molar-refractivity contribution in [3.8, 4) is 0 Å². The van der Waals surface area contributed by atoms with E-state index >= 15 is 0 Å². The molecule has 1 rings (SSSR count). The highest BCUT2D eigenvalue weighted by Crippen LogP contribution is 2.13. The van der Waals surface area contributed by atoms with E-state index in [0.717, 1.165) is 5.92 Å². The van der Waals surface area contributed by atoms with Crippen molar-refractivity contribution in [3.63, 3.8) is 0 Å². The van der Waals surface area contributed by atoms with Crippen LogP contribution >= 0.6 is 0 Å². The van der Waals surface area contributed by atoms with Crippen molar-refractivity contribution in [2.24, 2.45) is 5.92 Å². The molecule has 1 aliphatic heterocycles. The van der Waals surface area contributed by atoms with E-state index in [4.69, 9.17) is 0 Å². The molecule has 0 aromatic carbocycles. The van der Waals surface area contributed by atoms with Crippen LogP contribution < -0.4 is 5.32 Å². The van der Waals surface area contributed by atoms with E-state index in [0.29, 0.717) is 0 Å². The number of hydrogen-bond donors (Lipinski definition) is 1. The highest BCUT2D eigenvalue weighted by atomic mass is 14.9. The summed E-state index contributed by atoms with van der Waals surface area (Å²) in [6.45, 7) is 9.03. The van der Waals surface area contributed by atoms with Gasteiger partial charge in [-0.15, -0.1) is 0 Å². The Morgan fingerprint density at radius 3 is 1.82 bits per heavy atom. The van der Waals surface area contributed by atoms with Crippen molar-refractivity contribution in [1.82, 2.24) is 5.32 Å². The summed E-state index contributed by atoms with van der Waals surface area (Å²) in [6, 6.07) is 0. The molecule has 0 radical (unpaired) electrons. The van der Waals surface area contributed by atoms with Crippen LogP contribution in [0.1, 0.15) is 46.5 Å². The molecule has 1 heterocycles. The standard InChI is InChI=1S/C7H15N.C3H8/c1-2-7-3-5-8-6-4-7;1-3-2/h7-8H,2-6H2,1H3;3H2,1-2H3. The first-order valence-corrected chi connectivity index (χ1v) is 5.05. The van der Waals surface area contributed by atoms with E-state index in [2.05, 4.69) is 26.1 Å². The first kappa shape index (κ1) is 11.0. The zero-order valence-electron chi connectivity index (χ0n) is 8.32. The molecule has 1 nitrogen and oxygen atoms in total. The molecule has 0 saturated carbocycles. The third kappa shape index (κ3) is 6.36. The van der Waals surface area contributed by atoms with Gasteiger partial charge >= 0.3 is 0 Å². The van der Waals surface area contributed by atoms with Crippen LogP contribution in [0.5, 0.6) is 0 Å². The van der Waals surface area contributed by atoms with Crippen molar-refractivity contribution in [1.29, 1.82) is 0 Å². The molecular weight excluding hydrogens is 134 g/mol. The summed E-state index contributed by atoms with van der Waals surface area (Å²) in [5, 5.41) is 3.35. The number of rotatable bonds is 1. The normalized spacial score (nSPS) is 18.8. The van der Waals surface area contributed by atoms with Gasteiger partial charge in [0, 0.05) is 0 Å². The van der Waals surface area contributed by atoms with Gasteiger partial charge in [0.1, 0.15) is 0 Å². The van der Waals surface area contributed by atoms with Crippen LogP contribution in [0.15, 0.2) is 0 Å². The summed E-state index contributed by atoms with van der Waals surface area (Å²) in [7, 11) is 0. The lowest BCUT2D eigenvalue weighted by Gasteiger charge is -2.20. The average molecular weight is 157 g/mol. The molecule has 1 N–H and O–H groups in total. The molecule has 0 aromatic rings. The lowest BCUT2D eigenvalue weighted by molar-refractivity contribution is 0.365. The largest absolute Gasteiger partial charge is 0.317 e. The maximum absolute atomic E-state index is 3.35. The molecule has 0 bridgehead atoms. The second-order valence-corrected chi connectivity index (χ2v) is 3.31. The van der Waals surface area contributed by atoms with Crippen LogP contribution in [-0.4, -0.2) is 13.1 Å². The second kappa shape index (κ2) is 8.06. The van der Waals surface area contributed by atoms with Gasteiger partial charge in [-0.25, -0.2) is 0 Å². The molecule has 0 aliphatic carbocycles. The van der Waals surface area contributed by atoms with E-state index in [1.54, 1.807) is 0 Å². The zero-order chi connectivity index (χ0) is 8.53. The molecule has 1 fully saturated rings. The SMILES string of the molecule is CCC.CCC1CCNCC1. The maximum atomic E-state index is 3.35. The number of hydrogen-bond acceptors (Lipinski definition) is 1. The molecule has 1 heteroatoms. The van der Waals surface area contributed by atoms with Gasteiger partial charge < -0.3 is 5.32 Å². The smallest absolute Gasteiger partial charge is 0.00463 e. The van der Waals surface area contributed by atoms with Crippen LogP contribution in [0.4, 0.5) is 0 Å². The summed E-state index contributed by atoms with van der Waals surface area (Å²) >= 11 is 0. The number of nitrogens with one attached hydrogen (secondary N) is 1. The lowest BCUT2D eigenvalue weighted by Crippen LogP contribution is -2.27. The van der Waals surface area contributed by atoms with Crippen molar-refractivity contribution < 1.29 is 0 Å². The zero-order valence-corrected chi connectivity index (χ0v) is 8.32. The predicted molar refractivity (Wildman–Crippen MR) is 51.8 cm³/mol. The molecular formula is C10H23N. The molecule has 1 saturated heterocycles. The fourth-order valence-corrected chi connectivity index (χ4v) is 1.29. The van der Waals surface area contributed by atoms with Gasteiger partial charge in [-0.2, -0.15) is 0 Å². The van der Waals surface area contributed by atoms with Crippen LogP contribution in [0.3, 0.4) is 0 Å². The maximum Gasteiger partial charge on any atom is -0.00463 e. The summed E-state index contributed by atoms with van der Waals surface area (Å²) in [4.78, 5) is 0. The molecule has 11 heavy (non-hydrogen) atoms. The van der Waals surface area contributed by atoms with Gasteiger partial charge in [0.25, 0.3) is 0 Å². The fourth-order valence-electron chi connectivity index (χ4n) is 1.29. The van der Waals surface area contributed by atoms with Gasteiger partial charge in [-0.1, -0.05) is 33.6 Å². The Balaban J connectivity index is 0.000000292. The van der Waals surface area contributed by atoms with E-state index in [-0.39, 0.29) is 0 Å². The van der Waals surface area contributed by atoms with Crippen molar-refractivity contribution in [2.75, 3.05) is 13.1 Å². The fraction of sp³-hybridized carbons (Fsp3) is 1.00. The van der Waals surface area contributed by atoms with Gasteiger partial charge in [-0.05, 0) is 31.8 Å². The molecule has 0 amide bonds. The van der Waals surface area contributed by atoms with Gasteiger partial charge in [0.05, 0.1) is 0 Å². The van der Waals surface area contributed by atoms with E-state index in [1.807, 2.05) is 0 Å². The Bertz CT molecular complexity index is 65.3. The summed E-state index contributed by atoms with van der Waals surface area (Å²) in [5.41, 5.74) is 0. The quantitative estimate of drug-likeness (QED) is 0.617. The minimum atomic E-state index is 1.02. The summed E-state index contributed by atoms with van der Waals surface area (Å²) < 4.78 is 0. The van der Waals surface area contributed by atoms with Crippen LogP contribution in [0.25, 0.3) is 0 Å². The highest BCUT2D eigenvalue weighted by Gasteiger charge is 2.08. The van der Waals surface area contributed by atoms with E-state index in [9.17, 15) is 0 Å². The minimum absolute atomic E-state index is 1.02. The molecule has 68 valence electrons. The Morgan fingerprint density at radius 1 is 1.09 bits per heavy atom. The minimum Gasteiger partial charge on any atom is -0.317 e. The van der Waals surface area contributed by atoms with Crippen LogP contribution in [-0.2, 0) is 0 Å². The van der Waals surface area contributed by atoms with Gasteiger partial charge in [0.2, 0.25) is 0 Å². The third-order valence-corrected chi connectivity index (χ3v) is 2.04. The Morgan fingerprint density at radius 2 is 1.55 bits per heavy atom. The monoisotopic (exact) mass is 157 g/mol. The second-order valence-electron chi connectivity index (χ2n) is 3.31. The first-order valence-electron chi connectivity index (χ1n) is 5.05. The van der Waals surface area contributed by atoms with Crippen molar-refractivity contribution in [2.45, 2.75) is 46.5 Å². The summed E-state index contributed by atoms with van der Waals surface area (Å²) in [6.07, 6.45) is 5.43. The number of piperidine rings is 1. The molecule has 1 aliphatic rings. The lowest BCUT2D eigenvalue weighted by atomic mass is 9.96. The van der Waals surface area contributed by atoms with Gasteiger partial charge in [0.15, 0.2) is 0 Å². The molecule has 0 aromatic heterocycles. The highest BCUT2D eigenvalue weighted by molar-refractivity contribution is 4.66. The Hall–Kier alpha value is -0.0400.